The normalized spacial score (nSPS) is 21.7. The van der Waals surface area contributed by atoms with Crippen molar-refractivity contribution < 1.29 is 14.3 Å². The summed E-state index contributed by atoms with van der Waals surface area (Å²) in [7, 11) is 1.68. The molecule has 0 bridgehead atoms. The summed E-state index contributed by atoms with van der Waals surface area (Å²) in [5, 5.41) is 1.04. The molecule has 3 rings (SSSR count). The predicted octanol–water partition coefficient (Wildman–Crippen LogP) is 3.28. The zero-order chi connectivity index (χ0) is 15.4. The molecule has 116 valence electrons. The van der Waals surface area contributed by atoms with Crippen molar-refractivity contribution in [2.75, 3.05) is 7.11 Å². The van der Waals surface area contributed by atoms with Gasteiger partial charge in [-0.1, -0.05) is 24.6 Å². The standard InChI is InChI=1S/C18H21NO3/c1-21-16-8-4-5-9-17(16)22-18(20)11-13-10-14-6-2-3-7-15(14)19-12-13/h2-3,6-7,10,12,16-17H,4-5,8-9,11H2,1H3/t16-,17-/m0/s1. The first-order valence-corrected chi connectivity index (χ1v) is 7.82. The van der Waals surface area contributed by atoms with Gasteiger partial charge in [0.05, 0.1) is 18.0 Å². The molecular formula is C18H21NO3. The largest absolute Gasteiger partial charge is 0.459 e. The summed E-state index contributed by atoms with van der Waals surface area (Å²) >= 11 is 0. The number of benzene rings is 1. The molecule has 1 fully saturated rings. The molecule has 2 atom stereocenters. The summed E-state index contributed by atoms with van der Waals surface area (Å²) in [4.78, 5) is 16.6. The van der Waals surface area contributed by atoms with Crippen molar-refractivity contribution in [2.45, 2.75) is 44.3 Å². The van der Waals surface area contributed by atoms with Crippen LogP contribution in [0.25, 0.3) is 10.9 Å². The van der Waals surface area contributed by atoms with Gasteiger partial charge in [0, 0.05) is 18.7 Å². The van der Waals surface area contributed by atoms with Crippen LogP contribution >= 0.6 is 0 Å². The maximum Gasteiger partial charge on any atom is 0.310 e. The highest BCUT2D eigenvalue weighted by atomic mass is 16.6. The van der Waals surface area contributed by atoms with Gasteiger partial charge < -0.3 is 9.47 Å². The fourth-order valence-electron chi connectivity index (χ4n) is 3.06. The number of ether oxygens (including phenoxy) is 2. The molecule has 1 saturated carbocycles. The van der Waals surface area contributed by atoms with E-state index in [1.54, 1.807) is 13.3 Å². The zero-order valence-corrected chi connectivity index (χ0v) is 12.8. The van der Waals surface area contributed by atoms with E-state index in [0.29, 0.717) is 0 Å². The highest BCUT2D eigenvalue weighted by Gasteiger charge is 2.28. The number of pyridine rings is 1. The van der Waals surface area contributed by atoms with Gasteiger partial charge in [-0.3, -0.25) is 9.78 Å². The molecule has 4 heteroatoms. The summed E-state index contributed by atoms with van der Waals surface area (Å²) in [6.07, 6.45) is 6.01. The van der Waals surface area contributed by atoms with Gasteiger partial charge in [0.1, 0.15) is 6.10 Å². The van der Waals surface area contributed by atoms with E-state index in [1.165, 1.54) is 0 Å². The van der Waals surface area contributed by atoms with Crippen LogP contribution in [0.1, 0.15) is 31.2 Å². The van der Waals surface area contributed by atoms with Crippen molar-refractivity contribution in [1.82, 2.24) is 4.98 Å². The maximum absolute atomic E-state index is 12.2. The van der Waals surface area contributed by atoms with Crippen LogP contribution in [0.3, 0.4) is 0 Å². The van der Waals surface area contributed by atoms with Gasteiger partial charge in [0.25, 0.3) is 0 Å². The number of methoxy groups -OCH3 is 1. The van der Waals surface area contributed by atoms with Crippen LogP contribution in [0.5, 0.6) is 0 Å². The topological polar surface area (TPSA) is 48.4 Å². The van der Waals surface area contributed by atoms with Gasteiger partial charge in [-0.15, -0.1) is 0 Å². The van der Waals surface area contributed by atoms with Crippen LogP contribution in [-0.4, -0.2) is 30.3 Å². The van der Waals surface area contributed by atoms with Crippen molar-refractivity contribution in [1.29, 1.82) is 0 Å². The summed E-state index contributed by atoms with van der Waals surface area (Å²) in [6, 6.07) is 9.88. The first-order valence-electron chi connectivity index (χ1n) is 7.82. The van der Waals surface area contributed by atoms with Crippen LogP contribution < -0.4 is 0 Å². The number of rotatable bonds is 4. The van der Waals surface area contributed by atoms with Gasteiger partial charge in [-0.25, -0.2) is 0 Å². The zero-order valence-electron chi connectivity index (χ0n) is 12.8. The molecule has 1 aromatic carbocycles. The Balaban J connectivity index is 1.65. The smallest absolute Gasteiger partial charge is 0.310 e. The molecule has 2 aromatic rings. The lowest BCUT2D eigenvalue weighted by Crippen LogP contribution is -2.36. The molecule has 22 heavy (non-hydrogen) atoms. The van der Waals surface area contributed by atoms with E-state index in [0.717, 1.165) is 42.1 Å². The van der Waals surface area contributed by atoms with Gasteiger partial charge >= 0.3 is 5.97 Å². The third kappa shape index (κ3) is 3.45. The fourth-order valence-corrected chi connectivity index (χ4v) is 3.06. The van der Waals surface area contributed by atoms with E-state index in [1.807, 2.05) is 30.3 Å². The second-order valence-corrected chi connectivity index (χ2v) is 5.80. The third-order valence-corrected chi connectivity index (χ3v) is 4.22. The second kappa shape index (κ2) is 6.88. The summed E-state index contributed by atoms with van der Waals surface area (Å²) in [5.74, 6) is -0.203. The molecule has 0 spiro atoms. The van der Waals surface area contributed by atoms with E-state index in [9.17, 15) is 4.79 Å². The van der Waals surface area contributed by atoms with Gasteiger partial charge in [0.2, 0.25) is 0 Å². The summed E-state index contributed by atoms with van der Waals surface area (Å²) in [5.41, 5.74) is 1.82. The Morgan fingerprint density at radius 1 is 1.23 bits per heavy atom. The molecule has 0 radical (unpaired) electrons. The van der Waals surface area contributed by atoms with Crippen LogP contribution in [0.2, 0.25) is 0 Å². The first kappa shape index (κ1) is 15.0. The monoisotopic (exact) mass is 299 g/mol. The van der Waals surface area contributed by atoms with Crippen LogP contribution in [0.15, 0.2) is 36.5 Å². The third-order valence-electron chi connectivity index (χ3n) is 4.22. The van der Waals surface area contributed by atoms with E-state index in [2.05, 4.69) is 4.98 Å². The molecule has 1 aliphatic rings. The van der Waals surface area contributed by atoms with Crippen molar-refractivity contribution >= 4 is 16.9 Å². The average Bonchev–Trinajstić information content (AvgIpc) is 2.55. The van der Waals surface area contributed by atoms with Crippen LogP contribution in [0.4, 0.5) is 0 Å². The first-order chi connectivity index (χ1) is 10.8. The maximum atomic E-state index is 12.2. The molecule has 0 unspecified atom stereocenters. The van der Waals surface area contributed by atoms with Gasteiger partial charge in [-0.05, 0) is 37.0 Å². The Morgan fingerprint density at radius 2 is 2.00 bits per heavy atom. The highest BCUT2D eigenvalue weighted by Crippen LogP contribution is 2.24. The number of esters is 1. The van der Waals surface area contributed by atoms with Gasteiger partial charge in [-0.2, -0.15) is 0 Å². The molecule has 1 aromatic heterocycles. The van der Waals surface area contributed by atoms with Gasteiger partial charge in [0.15, 0.2) is 0 Å². The lowest BCUT2D eigenvalue weighted by atomic mass is 9.94. The molecule has 0 saturated heterocycles. The number of para-hydroxylation sites is 1. The minimum Gasteiger partial charge on any atom is -0.459 e. The Bertz CT molecular complexity index is 656. The van der Waals surface area contributed by atoms with E-state index in [-0.39, 0.29) is 24.6 Å². The summed E-state index contributed by atoms with van der Waals surface area (Å²) in [6.45, 7) is 0. The van der Waals surface area contributed by atoms with Crippen LogP contribution in [-0.2, 0) is 20.7 Å². The Kier molecular flexibility index (Phi) is 4.68. The van der Waals surface area contributed by atoms with Crippen LogP contribution in [0, 0.1) is 0 Å². The lowest BCUT2D eigenvalue weighted by molar-refractivity contribution is -0.158. The quantitative estimate of drug-likeness (QED) is 0.813. The number of fused-ring (bicyclic) bond motifs is 1. The molecule has 0 aliphatic heterocycles. The van der Waals surface area contributed by atoms with E-state index >= 15 is 0 Å². The number of carbonyl (C=O) groups excluding carboxylic acids is 1. The number of aromatic nitrogens is 1. The summed E-state index contributed by atoms with van der Waals surface area (Å²) < 4.78 is 11.0. The second-order valence-electron chi connectivity index (χ2n) is 5.80. The predicted molar refractivity (Wildman–Crippen MR) is 84.6 cm³/mol. The number of hydrogen-bond donors (Lipinski definition) is 0. The molecule has 0 amide bonds. The van der Waals surface area contributed by atoms with Crippen molar-refractivity contribution in [3.8, 4) is 0 Å². The van der Waals surface area contributed by atoms with Crippen molar-refractivity contribution in [3.63, 3.8) is 0 Å². The molecule has 0 N–H and O–H groups in total. The average molecular weight is 299 g/mol. The van der Waals surface area contributed by atoms with E-state index < -0.39 is 0 Å². The minimum absolute atomic E-state index is 0.0347. The number of nitrogens with zero attached hydrogens (tertiary/aromatic N) is 1. The van der Waals surface area contributed by atoms with E-state index in [4.69, 9.17) is 9.47 Å². The number of carbonyl (C=O) groups is 1. The minimum atomic E-state index is -0.203. The van der Waals surface area contributed by atoms with Crippen molar-refractivity contribution in [2.24, 2.45) is 0 Å². The molecule has 4 nitrogen and oxygen atoms in total. The molecular weight excluding hydrogens is 278 g/mol. The SMILES string of the molecule is CO[C@H]1CCCC[C@@H]1OC(=O)Cc1cnc2ccccc2c1. The Labute approximate surface area is 130 Å². The highest BCUT2D eigenvalue weighted by molar-refractivity contribution is 5.80. The Hall–Kier alpha value is -1.94. The molecule has 1 aliphatic carbocycles. The molecule has 1 heterocycles. The Morgan fingerprint density at radius 3 is 2.82 bits per heavy atom. The fraction of sp³-hybridized carbons (Fsp3) is 0.444. The lowest BCUT2D eigenvalue weighted by Gasteiger charge is -2.29. The number of hydrogen-bond acceptors (Lipinski definition) is 4. The van der Waals surface area contributed by atoms with Crippen molar-refractivity contribution in [3.05, 3.63) is 42.1 Å².